The van der Waals surface area contributed by atoms with Crippen molar-refractivity contribution in [1.82, 2.24) is 4.90 Å². The molecule has 0 radical (unpaired) electrons. The van der Waals surface area contributed by atoms with Crippen molar-refractivity contribution in [3.63, 3.8) is 0 Å². The van der Waals surface area contributed by atoms with E-state index in [1.165, 1.54) is 12.8 Å². The Morgan fingerprint density at radius 3 is 3.13 bits per heavy atom. The molecule has 0 unspecified atom stereocenters. The average molecular weight is 335 g/mol. The van der Waals surface area contributed by atoms with Gasteiger partial charge in [0.25, 0.3) is 5.91 Å². The summed E-state index contributed by atoms with van der Waals surface area (Å²) in [6, 6.07) is 1.92. The van der Waals surface area contributed by atoms with E-state index < -0.39 is 0 Å². The maximum absolute atomic E-state index is 12.7. The molecule has 2 aliphatic heterocycles. The van der Waals surface area contributed by atoms with Crippen LogP contribution >= 0.6 is 11.3 Å². The number of rotatable bonds is 5. The molecule has 0 bridgehead atoms. The Morgan fingerprint density at radius 2 is 2.35 bits per heavy atom. The number of carbonyl (C=O) groups excluding carboxylic acids is 1. The second-order valence-electron chi connectivity index (χ2n) is 7.31. The molecule has 5 heteroatoms. The summed E-state index contributed by atoms with van der Waals surface area (Å²) >= 11 is 1.58. The summed E-state index contributed by atoms with van der Waals surface area (Å²) in [5, 5.41) is 3.92. The van der Waals surface area contributed by atoms with E-state index in [2.05, 4.69) is 0 Å². The van der Waals surface area contributed by atoms with Gasteiger partial charge in [-0.25, -0.2) is 0 Å². The number of carbonyl (C=O) groups is 1. The van der Waals surface area contributed by atoms with Crippen LogP contribution in [0.5, 0.6) is 0 Å². The molecule has 2 atom stereocenters. The number of ether oxygens (including phenoxy) is 2. The topological polar surface area (TPSA) is 38.8 Å². The molecule has 1 amide bonds. The molecule has 1 aromatic rings. The molecule has 1 saturated carbocycles. The zero-order chi connectivity index (χ0) is 15.7. The molecule has 4 nitrogen and oxygen atoms in total. The Kier molecular flexibility index (Phi) is 4.43. The Bertz CT molecular complexity index is 542. The van der Waals surface area contributed by atoms with Gasteiger partial charge in [0.15, 0.2) is 0 Å². The van der Waals surface area contributed by atoms with Crippen molar-refractivity contribution in [3.05, 3.63) is 22.4 Å². The van der Waals surface area contributed by atoms with Gasteiger partial charge in [0.05, 0.1) is 18.3 Å². The summed E-state index contributed by atoms with van der Waals surface area (Å²) in [6.07, 6.45) is 6.00. The van der Waals surface area contributed by atoms with Crippen molar-refractivity contribution < 1.29 is 14.3 Å². The van der Waals surface area contributed by atoms with Gasteiger partial charge in [0, 0.05) is 37.1 Å². The van der Waals surface area contributed by atoms with Crippen molar-refractivity contribution >= 4 is 17.2 Å². The SMILES string of the molecule is O=C(c1ccsc1)N1CC[C@H]2OCCC[C@]2(COCC2CC2)C1. The number of fused-ring (bicyclic) bond motifs is 1. The number of hydrogen-bond donors (Lipinski definition) is 0. The zero-order valence-corrected chi connectivity index (χ0v) is 14.4. The predicted octanol–water partition coefficient (Wildman–Crippen LogP) is 3.19. The van der Waals surface area contributed by atoms with Gasteiger partial charge in [-0.15, -0.1) is 0 Å². The lowest BCUT2D eigenvalue weighted by molar-refractivity contribution is -0.147. The fourth-order valence-electron chi connectivity index (χ4n) is 3.96. The first-order valence-corrected chi connectivity index (χ1v) is 9.72. The summed E-state index contributed by atoms with van der Waals surface area (Å²) in [5.74, 6) is 0.943. The Labute approximate surface area is 141 Å². The van der Waals surface area contributed by atoms with Crippen LogP contribution in [-0.2, 0) is 9.47 Å². The van der Waals surface area contributed by atoms with Gasteiger partial charge in [0.1, 0.15) is 0 Å². The highest BCUT2D eigenvalue weighted by molar-refractivity contribution is 7.08. The second kappa shape index (κ2) is 6.54. The summed E-state index contributed by atoms with van der Waals surface area (Å²) in [5.41, 5.74) is 0.816. The molecule has 3 fully saturated rings. The molecule has 4 rings (SSSR count). The highest BCUT2D eigenvalue weighted by Gasteiger charge is 2.47. The smallest absolute Gasteiger partial charge is 0.254 e. The van der Waals surface area contributed by atoms with Crippen LogP contribution in [0.3, 0.4) is 0 Å². The number of amides is 1. The minimum atomic E-state index is -0.00291. The van der Waals surface area contributed by atoms with E-state index in [1.54, 1.807) is 11.3 Å². The number of hydrogen-bond acceptors (Lipinski definition) is 4. The van der Waals surface area contributed by atoms with Crippen molar-refractivity contribution in [3.8, 4) is 0 Å². The van der Waals surface area contributed by atoms with Crippen molar-refractivity contribution in [1.29, 1.82) is 0 Å². The third kappa shape index (κ3) is 3.32. The van der Waals surface area contributed by atoms with Gasteiger partial charge in [0.2, 0.25) is 0 Å². The van der Waals surface area contributed by atoms with Crippen molar-refractivity contribution in [2.75, 3.05) is 32.9 Å². The number of nitrogens with zero attached hydrogens (tertiary/aromatic N) is 1. The van der Waals surface area contributed by atoms with Crippen LogP contribution in [0.4, 0.5) is 0 Å². The molecular formula is C18H25NO3S. The van der Waals surface area contributed by atoms with Crippen LogP contribution in [0.15, 0.2) is 16.8 Å². The van der Waals surface area contributed by atoms with E-state index in [9.17, 15) is 4.79 Å². The van der Waals surface area contributed by atoms with Gasteiger partial charge < -0.3 is 14.4 Å². The lowest BCUT2D eigenvalue weighted by atomic mass is 9.73. The normalized spacial score (nSPS) is 31.0. The van der Waals surface area contributed by atoms with Gasteiger partial charge in [-0.05, 0) is 49.5 Å². The minimum absolute atomic E-state index is 0.00291. The lowest BCUT2D eigenvalue weighted by Crippen LogP contribution is -2.58. The summed E-state index contributed by atoms with van der Waals surface area (Å²) < 4.78 is 12.1. The lowest BCUT2D eigenvalue weighted by Gasteiger charge is -2.50. The maximum atomic E-state index is 12.7. The van der Waals surface area contributed by atoms with Crippen molar-refractivity contribution in [2.24, 2.45) is 11.3 Å². The Morgan fingerprint density at radius 1 is 1.43 bits per heavy atom. The Balaban J connectivity index is 1.46. The van der Waals surface area contributed by atoms with Crippen LogP contribution in [-0.4, -0.2) is 49.8 Å². The van der Waals surface area contributed by atoms with Crippen LogP contribution in [0, 0.1) is 11.3 Å². The van der Waals surface area contributed by atoms with E-state index >= 15 is 0 Å². The number of piperidine rings is 1. The Hall–Kier alpha value is -0.910. The molecule has 3 heterocycles. The quantitative estimate of drug-likeness (QED) is 0.829. The average Bonchev–Trinajstić information content (AvgIpc) is 3.24. The molecule has 3 aliphatic rings. The summed E-state index contributed by atoms with van der Waals surface area (Å²) in [7, 11) is 0. The van der Waals surface area contributed by atoms with Crippen molar-refractivity contribution in [2.45, 2.75) is 38.2 Å². The number of likely N-dealkylation sites (tertiary alicyclic amines) is 1. The van der Waals surface area contributed by atoms with E-state index in [-0.39, 0.29) is 17.4 Å². The molecule has 0 N–H and O–H groups in total. The fraction of sp³-hybridized carbons (Fsp3) is 0.722. The first-order valence-electron chi connectivity index (χ1n) is 8.78. The molecule has 1 aromatic heterocycles. The van der Waals surface area contributed by atoms with Crippen LogP contribution in [0.1, 0.15) is 42.5 Å². The van der Waals surface area contributed by atoms with Crippen LogP contribution in [0.25, 0.3) is 0 Å². The monoisotopic (exact) mass is 335 g/mol. The standard InChI is InChI=1S/C18H25NO3S/c20-17(15-5-9-23-11-15)19-7-4-16-18(12-19,6-1-8-22-16)13-21-10-14-2-3-14/h5,9,11,14,16H,1-4,6-8,10,12-13H2/t16-,18-/m1/s1. The number of thiophene rings is 1. The molecule has 2 saturated heterocycles. The summed E-state index contributed by atoms with van der Waals surface area (Å²) in [4.78, 5) is 14.7. The molecule has 23 heavy (non-hydrogen) atoms. The third-order valence-electron chi connectivity index (χ3n) is 5.48. The summed E-state index contributed by atoms with van der Waals surface area (Å²) in [6.45, 7) is 4.04. The minimum Gasteiger partial charge on any atom is -0.380 e. The highest BCUT2D eigenvalue weighted by Crippen LogP contribution is 2.41. The van der Waals surface area contributed by atoms with E-state index in [0.717, 1.165) is 63.7 Å². The van der Waals surface area contributed by atoms with E-state index in [4.69, 9.17) is 9.47 Å². The predicted molar refractivity (Wildman–Crippen MR) is 89.8 cm³/mol. The molecule has 0 spiro atoms. The molecule has 126 valence electrons. The van der Waals surface area contributed by atoms with Gasteiger partial charge in [-0.2, -0.15) is 11.3 Å². The largest absolute Gasteiger partial charge is 0.380 e. The molecular weight excluding hydrogens is 310 g/mol. The van der Waals surface area contributed by atoms with Crippen LogP contribution < -0.4 is 0 Å². The fourth-order valence-corrected chi connectivity index (χ4v) is 4.59. The van der Waals surface area contributed by atoms with Gasteiger partial charge in [-0.3, -0.25) is 4.79 Å². The maximum Gasteiger partial charge on any atom is 0.254 e. The van der Waals surface area contributed by atoms with Gasteiger partial charge in [-0.1, -0.05) is 0 Å². The molecule has 0 aromatic carbocycles. The zero-order valence-electron chi connectivity index (χ0n) is 13.5. The first-order chi connectivity index (χ1) is 11.3. The first kappa shape index (κ1) is 15.6. The van der Waals surface area contributed by atoms with Gasteiger partial charge >= 0.3 is 0 Å². The highest BCUT2D eigenvalue weighted by atomic mass is 32.1. The molecule has 1 aliphatic carbocycles. The third-order valence-corrected chi connectivity index (χ3v) is 6.17. The van der Waals surface area contributed by atoms with E-state index in [0.29, 0.717) is 0 Å². The second-order valence-corrected chi connectivity index (χ2v) is 8.09. The van der Waals surface area contributed by atoms with E-state index in [1.807, 2.05) is 21.7 Å². The van der Waals surface area contributed by atoms with Crippen LogP contribution in [0.2, 0.25) is 0 Å².